The van der Waals surface area contributed by atoms with Gasteiger partial charge < -0.3 is 20.3 Å². The Kier molecular flexibility index (Phi) is 2.47. The number of halogens is 2. The van der Waals surface area contributed by atoms with E-state index >= 15 is 0 Å². The van der Waals surface area contributed by atoms with Crippen LogP contribution in [-0.4, -0.2) is 22.5 Å². The molecule has 4 nitrogen and oxygen atoms in total. The summed E-state index contributed by atoms with van der Waals surface area (Å²) in [6.45, 7) is 1.45. The number of alkyl halides is 2. The molecule has 1 heterocycles. The minimum atomic E-state index is -3.71. The van der Waals surface area contributed by atoms with E-state index in [-0.39, 0.29) is 17.0 Å². The highest BCUT2D eigenvalue weighted by molar-refractivity contribution is 5.62. The first kappa shape index (κ1) is 11.1. The predicted octanol–water partition coefficient (Wildman–Crippen LogP) is 1.46. The zero-order valence-corrected chi connectivity index (χ0v) is 8.45. The number of ether oxygens (including phenoxy) is 1. The maximum atomic E-state index is 13.1. The van der Waals surface area contributed by atoms with Crippen molar-refractivity contribution >= 4 is 5.69 Å². The SMILES string of the molecule is C[C@@H](O)c1cccc2c1OC(F)(F)C(O)N2. The monoisotopic (exact) mass is 231 g/mol. The third kappa shape index (κ3) is 1.70. The summed E-state index contributed by atoms with van der Waals surface area (Å²) in [4.78, 5) is 0. The molecule has 2 atom stereocenters. The molecule has 0 bridgehead atoms. The van der Waals surface area contributed by atoms with Gasteiger partial charge in [0.15, 0.2) is 5.75 Å². The van der Waals surface area contributed by atoms with E-state index in [0.29, 0.717) is 0 Å². The molecule has 0 saturated carbocycles. The average Bonchev–Trinajstić information content (AvgIpc) is 2.18. The molecule has 16 heavy (non-hydrogen) atoms. The molecule has 3 N–H and O–H groups in total. The van der Waals surface area contributed by atoms with Crippen molar-refractivity contribution in [3.05, 3.63) is 23.8 Å². The maximum Gasteiger partial charge on any atom is 0.444 e. The van der Waals surface area contributed by atoms with Crippen LogP contribution in [0.1, 0.15) is 18.6 Å². The highest BCUT2D eigenvalue weighted by Crippen LogP contribution is 2.41. The lowest BCUT2D eigenvalue weighted by atomic mass is 10.1. The summed E-state index contributed by atoms with van der Waals surface area (Å²) >= 11 is 0. The number of aliphatic hydroxyl groups is 2. The van der Waals surface area contributed by atoms with Crippen molar-refractivity contribution in [2.24, 2.45) is 0 Å². The van der Waals surface area contributed by atoms with E-state index in [9.17, 15) is 13.9 Å². The van der Waals surface area contributed by atoms with Crippen LogP contribution < -0.4 is 10.1 Å². The Morgan fingerprint density at radius 1 is 1.50 bits per heavy atom. The molecule has 6 heteroatoms. The van der Waals surface area contributed by atoms with Gasteiger partial charge in [0.25, 0.3) is 0 Å². The van der Waals surface area contributed by atoms with Crippen LogP contribution in [0.4, 0.5) is 14.5 Å². The molecule has 0 aromatic heterocycles. The van der Waals surface area contributed by atoms with Crippen LogP contribution >= 0.6 is 0 Å². The lowest BCUT2D eigenvalue weighted by Crippen LogP contribution is -2.47. The highest BCUT2D eigenvalue weighted by atomic mass is 19.3. The Bertz CT molecular complexity index is 409. The Morgan fingerprint density at radius 3 is 2.81 bits per heavy atom. The number of hydrogen-bond acceptors (Lipinski definition) is 4. The molecule has 1 aromatic rings. The number of aliphatic hydroxyl groups excluding tert-OH is 2. The first-order chi connectivity index (χ1) is 7.42. The Labute approximate surface area is 90.5 Å². The molecule has 0 aliphatic carbocycles. The van der Waals surface area contributed by atoms with E-state index < -0.39 is 18.4 Å². The van der Waals surface area contributed by atoms with Crippen LogP contribution in [0.3, 0.4) is 0 Å². The summed E-state index contributed by atoms with van der Waals surface area (Å²) in [5.74, 6) is -0.132. The topological polar surface area (TPSA) is 61.7 Å². The van der Waals surface area contributed by atoms with Crippen molar-refractivity contribution in [3.8, 4) is 5.75 Å². The van der Waals surface area contributed by atoms with Crippen LogP contribution in [0, 0.1) is 0 Å². The summed E-state index contributed by atoms with van der Waals surface area (Å²) in [6.07, 6.45) is -6.73. The minimum absolute atomic E-state index is 0.132. The van der Waals surface area contributed by atoms with E-state index in [2.05, 4.69) is 10.1 Å². The number of benzene rings is 1. The summed E-state index contributed by atoms with van der Waals surface area (Å²) < 4.78 is 30.6. The summed E-state index contributed by atoms with van der Waals surface area (Å²) in [7, 11) is 0. The van der Waals surface area contributed by atoms with E-state index in [1.807, 2.05) is 0 Å². The Balaban J connectivity index is 2.48. The fraction of sp³-hybridized carbons (Fsp3) is 0.400. The average molecular weight is 231 g/mol. The molecule has 0 radical (unpaired) electrons. The molecule has 1 aliphatic rings. The second kappa shape index (κ2) is 3.57. The highest BCUT2D eigenvalue weighted by Gasteiger charge is 2.46. The van der Waals surface area contributed by atoms with Gasteiger partial charge in [-0.25, -0.2) is 0 Å². The van der Waals surface area contributed by atoms with Crippen molar-refractivity contribution in [1.29, 1.82) is 0 Å². The number of anilines is 1. The first-order valence-corrected chi connectivity index (χ1v) is 4.74. The molecule has 1 aromatic carbocycles. The smallest absolute Gasteiger partial charge is 0.427 e. The van der Waals surface area contributed by atoms with Gasteiger partial charge in [-0.15, -0.1) is 0 Å². The van der Waals surface area contributed by atoms with Gasteiger partial charge >= 0.3 is 6.11 Å². The summed E-state index contributed by atoms with van der Waals surface area (Å²) in [6, 6.07) is 4.55. The van der Waals surface area contributed by atoms with Gasteiger partial charge in [0.1, 0.15) is 0 Å². The van der Waals surface area contributed by atoms with Gasteiger partial charge in [-0.1, -0.05) is 12.1 Å². The van der Waals surface area contributed by atoms with Crippen LogP contribution in [-0.2, 0) is 0 Å². The molecule has 1 unspecified atom stereocenters. The fourth-order valence-corrected chi connectivity index (χ4v) is 1.53. The van der Waals surface area contributed by atoms with Crippen LogP contribution in [0.25, 0.3) is 0 Å². The van der Waals surface area contributed by atoms with Gasteiger partial charge in [-0.3, -0.25) is 0 Å². The normalized spacial score (nSPS) is 23.9. The van der Waals surface area contributed by atoms with E-state index in [1.165, 1.54) is 19.1 Å². The van der Waals surface area contributed by atoms with Crippen LogP contribution in [0.15, 0.2) is 18.2 Å². The first-order valence-electron chi connectivity index (χ1n) is 4.74. The molecule has 0 saturated heterocycles. The lowest BCUT2D eigenvalue weighted by Gasteiger charge is -2.32. The number of nitrogens with one attached hydrogen (secondary N) is 1. The van der Waals surface area contributed by atoms with Crippen LogP contribution in [0.5, 0.6) is 5.75 Å². The molecule has 0 amide bonds. The Hall–Kier alpha value is -1.40. The molecule has 2 rings (SSSR count). The number of para-hydroxylation sites is 1. The molecule has 1 aliphatic heterocycles. The van der Waals surface area contributed by atoms with Gasteiger partial charge in [0.05, 0.1) is 11.8 Å². The van der Waals surface area contributed by atoms with E-state index in [1.54, 1.807) is 6.07 Å². The summed E-state index contributed by atoms with van der Waals surface area (Å²) in [5, 5.41) is 20.7. The number of hydrogen-bond donors (Lipinski definition) is 3. The number of rotatable bonds is 1. The van der Waals surface area contributed by atoms with Gasteiger partial charge in [-0.2, -0.15) is 8.78 Å². The zero-order chi connectivity index (χ0) is 11.9. The van der Waals surface area contributed by atoms with E-state index in [0.717, 1.165) is 0 Å². The second-order valence-electron chi connectivity index (χ2n) is 3.61. The minimum Gasteiger partial charge on any atom is -0.427 e. The van der Waals surface area contributed by atoms with Crippen molar-refractivity contribution in [2.75, 3.05) is 5.32 Å². The summed E-state index contributed by atoms with van der Waals surface area (Å²) in [5.41, 5.74) is 0.480. The van der Waals surface area contributed by atoms with Gasteiger partial charge in [0, 0.05) is 5.56 Å². The van der Waals surface area contributed by atoms with Crippen molar-refractivity contribution in [2.45, 2.75) is 25.4 Å². The molecule has 0 fully saturated rings. The standard InChI is InChI=1S/C10H11F2NO3/c1-5(14)6-3-2-4-7-8(6)16-10(11,12)9(15)13-7/h2-5,9,13-15H,1H3/t5-,9?/m1/s1. The quantitative estimate of drug-likeness (QED) is 0.684. The Morgan fingerprint density at radius 2 is 2.19 bits per heavy atom. The maximum absolute atomic E-state index is 13.1. The molecule has 88 valence electrons. The van der Waals surface area contributed by atoms with Crippen molar-refractivity contribution in [1.82, 2.24) is 0 Å². The largest absolute Gasteiger partial charge is 0.444 e. The zero-order valence-electron chi connectivity index (χ0n) is 8.45. The molecular weight excluding hydrogens is 220 g/mol. The second-order valence-corrected chi connectivity index (χ2v) is 3.61. The van der Waals surface area contributed by atoms with Gasteiger partial charge in [-0.05, 0) is 13.0 Å². The fourth-order valence-electron chi connectivity index (χ4n) is 1.53. The predicted molar refractivity (Wildman–Crippen MR) is 52.3 cm³/mol. The third-order valence-electron chi connectivity index (χ3n) is 2.34. The van der Waals surface area contributed by atoms with Crippen LogP contribution in [0.2, 0.25) is 0 Å². The molecular formula is C10H11F2NO3. The third-order valence-corrected chi connectivity index (χ3v) is 2.34. The lowest BCUT2D eigenvalue weighted by molar-refractivity contribution is -0.236. The van der Waals surface area contributed by atoms with Crippen molar-refractivity contribution in [3.63, 3.8) is 0 Å². The van der Waals surface area contributed by atoms with E-state index in [4.69, 9.17) is 5.11 Å². The van der Waals surface area contributed by atoms with Crippen molar-refractivity contribution < 1.29 is 23.7 Å². The number of fused-ring (bicyclic) bond motifs is 1. The molecule has 0 spiro atoms. The van der Waals surface area contributed by atoms with Gasteiger partial charge in [0.2, 0.25) is 6.23 Å².